The summed E-state index contributed by atoms with van der Waals surface area (Å²) in [6, 6.07) is 0. The van der Waals surface area contributed by atoms with Gasteiger partial charge < -0.3 is 25.2 Å². The van der Waals surface area contributed by atoms with Crippen LogP contribution in [0.5, 0.6) is 0 Å². The molecule has 0 bridgehead atoms. The molecule has 0 aromatic heterocycles. The van der Waals surface area contributed by atoms with E-state index in [1.165, 1.54) is 0 Å². The Morgan fingerprint density at radius 3 is 2.17 bits per heavy atom. The van der Waals surface area contributed by atoms with Crippen molar-refractivity contribution in [3.05, 3.63) is 0 Å². The molecule has 5 nitrogen and oxygen atoms in total. The molecule has 1 saturated carbocycles. The summed E-state index contributed by atoms with van der Waals surface area (Å²) in [5.41, 5.74) is 0. The van der Waals surface area contributed by atoms with Crippen molar-refractivity contribution in [2.45, 2.75) is 35.0 Å². The van der Waals surface area contributed by atoms with Crippen LogP contribution in [0, 0.1) is 0 Å². The highest BCUT2D eigenvalue weighted by molar-refractivity contribution is 9.10. The topological polar surface area (TPSA) is 93.5 Å². The SMILES string of the molecule is OC1C(O)C(O)C2(Br)OC2C1O. The number of aliphatic hydroxyl groups excluding tert-OH is 4. The summed E-state index contributed by atoms with van der Waals surface area (Å²) in [7, 11) is 0. The van der Waals surface area contributed by atoms with Gasteiger partial charge in [0.15, 0.2) is 4.51 Å². The standard InChI is InChI=1S/C6H9BrO5/c7-6-4(11)2(9)1(8)3(10)5(6)12-6/h1-5,8-11H. The summed E-state index contributed by atoms with van der Waals surface area (Å²) in [5, 5.41) is 37.0. The van der Waals surface area contributed by atoms with Crippen LogP contribution in [0.2, 0.25) is 0 Å². The maximum atomic E-state index is 9.34. The van der Waals surface area contributed by atoms with Crippen molar-refractivity contribution < 1.29 is 25.2 Å². The van der Waals surface area contributed by atoms with Gasteiger partial charge in [-0.3, -0.25) is 0 Å². The molecule has 2 fully saturated rings. The molecule has 70 valence electrons. The van der Waals surface area contributed by atoms with Crippen LogP contribution >= 0.6 is 15.9 Å². The van der Waals surface area contributed by atoms with Crippen LogP contribution in [0.25, 0.3) is 0 Å². The number of fused-ring (bicyclic) bond motifs is 1. The molecular formula is C6H9BrO5. The van der Waals surface area contributed by atoms with Gasteiger partial charge in [-0.15, -0.1) is 0 Å². The number of aliphatic hydroxyl groups is 4. The zero-order valence-corrected chi connectivity index (χ0v) is 7.55. The molecule has 1 saturated heterocycles. The van der Waals surface area contributed by atoms with E-state index >= 15 is 0 Å². The van der Waals surface area contributed by atoms with E-state index in [4.69, 9.17) is 9.84 Å². The molecule has 6 atom stereocenters. The number of alkyl halides is 1. The van der Waals surface area contributed by atoms with E-state index in [0.29, 0.717) is 0 Å². The van der Waals surface area contributed by atoms with Gasteiger partial charge in [0.05, 0.1) is 0 Å². The molecule has 6 unspecified atom stereocenters. The summed E-state index contributed by atoms with van der Waals surface area (Å²) in [6.07, 6.45) is -5.72. The summed E-state index contributed by atoms with van der Waals surface area (Å²) in [4.78, 5) is 0. The van der Waals surface area contributed by atoms with E-state index in [0.717, 1.165) is 0 Å². The molecule has 2 aliphatic rings. The van der Waals surface area contributed by atoms with Crippen LogP contribution in [0.4, 0.5) is 0 Å². The van der Waals surface area contributed by atoms with Crippen LogP contribution in [-0.4, -0.2) is 55.5 Å². The lowest BCUT2D eigenvalue weighted by molar-refractivity contribution is -0.124. The Morgan fingerprint density at radius 1 is 1.00 bits per heavy atom. The van der Waals surface area contributed by atoms with Gasteiger partial charge in [-0.1, -0.05) is 0 Å². The third-order valence-electron chi connectivity index (χ3n) is 2.38. The van der Waals surface area contributed by atoms with Crippen LogP contribution in [0.3, 0.4) is 0 Å². The first-order chi connectivity index (χ1) is 5.48. The van der Waals surface area contributed by atoms with E-state index in [-0.39, 0.29) is 0 Å². The number of halogens is 1. The molecule has 6 heteroatoms. The highest BCUT2D eigenvalue weighted by Gasteiger charge is 2.70. The normalized spacial score (nSPS) is 64.2. The molecular weight excluding hydrogens is 232 g/mol. The minimum Gasteiger partial charge on any atom is -0.387 e. The molecule has 0 aromatic carbocycles. The van der Waals surface area contributed by atoms with E-state index in [2.05, 4.69) is 15.9 Å². The molecule has 2 rings (SSSR count). The summed E-state index contributed by atoms with van der Waals surface area (Å²) < 4.78 is 3.86. The lowest BCUT2D eigenvalue weighted by Crippen LogP contribution is -2.56. The molecule has 1 aliphatic heterocycles. The third-order valence-corrected chi connectivity index (χ3v) is 3.48. The van der Waals surface area contributed by atoms with Crippen molar-refractivity contribution in [1.29, 1.82) is 0 Å². The molecule has 0 spiro atoms. The van der Waals surface area contributed by atoms with E-state index in [9.17, 15) is 15.3 Å². The average molecular weight is 241 g/mol. The predicted molar refractivity (Wildman–Crippen MR) is 40.6 cm³/mol. The summed E-state index contributed by atoms with van der Waals surface area (Å²) in [6.45, 7) is 0. The monoisotopic (exact) mass is 240 g/mol. The van der Waals surface area contributed by atoms with Crippen LogP contribution in [-0.2, 0) is 4.74 Å². The maximum Gasteiger partial charge on any atom is 0.180 e. The quantitative estimate of drug-likeness (QED) is 0.289. The van der Waals surface area contributed by atoms with Crippen molar-refractivity contribution in [3.8, 4) is 0 Å². The van der Waals surface area contributed by atoms with E-state index in [1.807, 2.05) is 0 Å². The van der Waals surface area contributed by atoms with Crippen molar-refractivity contribution in [2.24, 2.45) is 0 Å². The Morgan fingerprint density at radius 2 is 1.58 bits per heavy atom. The largest absolute Gasteiger partial charge is 0.387 e. The first-order valence-corrected chi connectivity index (χ1v) is 4.37. The fourth-order valence-corrected chi connectivity index (χ4v) is 2.24. The fraction of sp³-hybridized carbons (Fsp3) is 1.00. The van der Waals surface area contributed by atoms with Gasteiger partial charge in [0, 0.05) is 0 Å². The number of hydrogen-bond donors (Lipinski definition) is 4. The van der Waals surface area contributed by atoms with Gasteiger partial charge in [-0.2, -0.15) is 0 Å². The lowest BCUT2D eigenvalue weighted by Gasteiger charge is -2.31. The van der Waals surface area contributed by atoms with Crippen LogP contribution < -0.4 is 0 Å². The van der Waals surface area contributed by atoms with Gasteiger partial charge in [0.2, 0.25) is 0 Å². The Balaban J connectivity index is 2.22. The molecule has 0 amide bonds. The van der Waals surface area contributed by atoms with Crippen LogP contribution in [0.15, 0.2) is 0 Å². The first-order valence-electron chi connectivity index (χ1n) is 3.57. The number of rotatable bonds is 0. The number of epoxide rings is 1. The Kier molecular flexibility index (Phi) is 1.77. The van der Waals surface area contributed by atoms with Gasteiger partial charge in [0.1, 0.15) is 30.5 Å². The van der Waals surface area contributed by atoms with Gasteiger partial charge in [-0.25, -0.2) is 0 Å². The summed E-state index contributed by atoms with van der Waals surface area (Å²) in [5.74, 6) is 0. The van der Waals surface area contributed by atoms with Gasteiger partial charge in [0.25, 0.3) is 0 Å². The second kappa shape index (κ2) is 2.40. The molecule has 12 heavy (non-hydrogen) atoms. The Hall–Kier alpha value is 0.280. The lowest BCUT2D eigenvalue weighted by atomic mass is 9.90. The molecule has 0 aromatic rings. The highest BCUT2D eigenvalue weighted by Crippen LogP contribution is 2.52. The van der Waals surface area contributed by atoms with E-state index in [1.54, 1.807) is 0 Å². The molecule has 4 N–H and O–H groups in total. The first kappa shape index (κ1) is 8.86. The van der Waals surface area contributed by atoms with Gasteiger partial charge in [-0.05, 0) is 15.9 Å². The van der Waals surface area contributed by atoms with Crippen molar-refractivity contribution >= 4 is 15.9 Å². The Labute approximate surface area is 76.7 Å². The zero-order chi connectivity index (χ0) is 9.09. The van der Waals surface area contributed by atoms with Crippen molar-refractivity contribution in [2.75, 3.05) is 0 Å². The zero-order valence-electron chi connectivity index (χ0n) is 5.96. The van der Waals surface area contributed by atoms with Gasteiger partial charge >= 0.3 is 0 Å². The maximum absolute atomic E-state index is 9.34. The fourth-order valence-electron chi connectivity index (χ4n) is 1.50. The smallest absolute Gasteiger partial charge is 0.180 e. The Bertz CT molecular complexity index is 207. The minimum atomic E-state index is -1.38. The molecule has 1 heterocycles. The molecule has 1 aliphatic carbocycles. The third kappa shape index (κ3) is 0.905. The van der Waals surface area contributed by atoms with Crippen molar-refractivity contribution in [1.82, 2.24) is 0 Å². The highest BCUT2D eigenvalue weighted by atomic mass is 79.9. The second-order valence-corrected chi connectivity index (χ2v) is 4.39. The predicted octanol–water partition coefficient (Wildman–Crippen LogP) is -2.07. The molecule has 0 radical (unpaired) electrons. The number of ether oxygens (including phenoxy) is 1. The summed E-state index contributed by atoms with van der Waals surface area (Å²) >= 11 is 3.04. The van der Waals surface area contributed by atoms with E-state index < -0.39 is 35.0 Å². The number of hydrogen-bond acceptors (Lipinski definition) is 5. The minimum absolute atomic E-state index is 0.633. The average Bonchev–Trinajstić information content (AvgIpc) is 2.72. The van der Waals surface area contributed by atoms with Crippen LogP contribution in [0.1, 0.15) is 0 Å². The second-order valence-electron chi connectivity index (χ2n) is 3.15. The van der Waals surface area contributed by atoms with Crippen molar-refractivity contribution in [3.63, 3.8) is 0 Å².